The van der Waals surface area contributed by atoms with E-state index in [9.17, 15) is 8.78 Å². The van der Waals surface area contributed by atoms with Gasteiger partial charge in [0.1, 0.15) is 12.4 Å². The molecule has 0 amide bonds. The van der Waals surface area contributed by atoms with Gasteiger partial charge in [0.05, 0.1) is 6.61 Å². The van der Waals surface area contributed by atoms with E-state index in [1.54, 1.807) is 7.11 Å². The van der Waals surface area contributed by atoms with E-state index in [4.69, 9.17) is 9.47 Å². The summed E-state index contributed by atoms with van der Waals surface area (Å²) in [5, 5.41) is 0. The minimum absolute atomic E-state index is 0.119. The van der Waals surface area contributed by atoms with Crippen molar-refractivity contribution in [3.63, 3.8) is 0 Å². The number of ether oxygens (including phenoxy) is 2. The number of hydrogen-bond donors (Lipinski definition) is 0. The van der Waals surface area contributed by atoms with Crippen LogP contribution in [0, 0.1) is 17.8 Å². The molecular weight excluding hydrogens is 346 g/mol. The van der Waals surface area contributed by atoms with E-state index in [1.807, 2.05) is 19.1 Å². The van der Waals surface area contributed by atoms with E-state index in [0.717, 1.165) is 37.9 Å². The highest BCUT2D eigenvalue weighted by Gasteiger charge is 2.46. The summed E-state index contributed by atoms with van der Waals surface area (Å²) < 4.78 is 39.3. The van der Waals surface area contributed by atoms with Gasteiger partial charge in [0, 0.05) is 19.4 Å². The summed E-state index contributed by atoms with van der Waals surface area (Å²) in [4.78, 5) is 0. The van der Waals surface area contributed by atoms with Gasteiger partial charge in [-0.3, -0.25) is 0 Å². The molecule has 2 fully saturated rings. The van der Waals surface area contributed by atoms with Gasteiger partial charge in [-0.1, -0.05) is 19.1 Å². The van der Waals surface area contributed by atoms with Gasteiger partial charge in [-0.15, -0.1) is 0 Å². The number of hydrogen-bond acceptors (Lipinski definition) is 2. The minimum atomic E-state index is -2.45. The third kappa shape index (κ3) is 5.22. The van der Waals surface area contributed by atoms with E-state index in [2.05, 4.69) is 12.1 Å². The van der Waals surface area contributed by atoms with Crippen molar-refractivity contribution in [2.24, 2.45) is 17.8 Å². The van der Waals surface area contributed by atoms with Crippen LogP contribution in [-0.4, -0.2) is 26.2 Å². The standard InChI is InChI=1S/C23H34F2O2/c1-3-21-11-8-20(16-23(21,24)25)19-6-4-17(5-7-19)18-9-12-22(13-10-18)27-15-14-26-2/h9-10,12-13,17,19-21H,3-8,11,14-16H2,1-2H3. The molecule has 0 N–H and O–H groups in total. The smallest absolute Gasteiger partial charge is 0.251 e. The summed E-state index contributed by atoms with van der Waals surface area (Å²) in [5.41, 5.74) is 1.35. The van der Waals surface area contributed by atoms with E-state index >= 15 is 0 Å². The molecule has 2 aliphatic carbocycles. The Morgan fingerprint density at radius 1 is 0.926 bits per heavy atom. The number of alkyl halides is 2. The van der Waals surface area contributed by atoms with Gasteiger partial charge in [-0.2, -0.15) is 0 Å². The zero-order valence-electron chi connectivity index (χ0n) is 16.8. The van der Waals surface area contributed by atoms with E-state index in [-0.39, 0.29) is 12.3 Å². The van der Waals surface area contributed by atoms with Crippen molar-refractivity contribution in [3.05, 3.63) is 29.8 Å². The summed E-state index contributed by atoms with van der Waals surface area (Å²) in [6.45, 7) is 3.05. The molecule has 3 rings (SSSR count). The molecule has 0 spiro atoms. The Bertz CT molecular complexity index is 564. The first kappa shape index (κ1) is 20.6. The lowest BCUT2D eigenvalue weighted by Gasteiger charge is -2.41. The van der Waals surface area contributed by atoms with Gasteiger partial charge in [-0.25, -0.2) is 8.78 Å². The molecule has 2 aliphatic rings. The van der Waals surface area contributed by atoms with Gasteiger partial charge in [0.15, 0.2) is 0 Å². The van der Waals surface area contributed by atoms with Crippen molar-refractivity contribution in [3.8, 4) is 5.75 Å². The third-order valence-electron chi connectivity index (χ3n) is 6.86. The maximum absolute atomic E-state index is 14.3. The summed E-state index contributed by atoms with van der Waals surface area (Å²) in [7, 11) is 1.67. The highest BCUT2D eigenvalue weighted by atomic mass is 19.3. The van der Waals surface area contributed by atoms with Gasteiger partial charge in [0.25, 0.3) is 5.92 Å². The van der Waals surface area contributed by atoms with Crippen molar-refractivity contribution in [2.75, 3.05) is 20.3 Å². The fraction of sp³-hybridized carbons (Fsp3) is 0.739. The third-order valence-corrected chi connectivity index (χ3v) is 6.86. The number of rotatable bonds is 7. The van der Waals surface area contributed by atoms with E-state index in [1.165, 1.54) is 5.56 Å². The zero-order chi connectivity index (χ0) is 19.3. The van der Waals surface area contributed by atoms with Crippen LogP contribution in [0.25, 0.3) is 0 Å². The van der Waals surface area contributed by atoms with Crippen LogP contribution in [0.3, 0.4) is 0 Å². The monoisotopic (exact) mass is 380 g/mol. The molecule has 4 heteroatoms. The topological polar surface area (TPSA) is 18.5 Å². The SMILES string of the molecule is CCC1CCC(C2CCC(c3ccc(OCCOC)cc3)CC2)CC1(F)F. The van der Waals surface area contributed by atoms with Crippen LogP contribution in [0.2, 0.25) is 0 Å². The quantitative estimate of drug-likeness (QED) is 0.506. The molecule has 0 radical (unpaired) electrons. The van der Waals surface area contributed by atoms with Crippen molar-refractivity contribution in [1.82, 2.24) is 0 Å². The Hall–Kier alpha value is -1.16. The van der Waals surface area contributed by atoms with E-state index in [0.29, 0.717) is 37.9 Å². The summed E-state index contributed by atoms with van der Waals surface area (Å²) in [6.07, 6.45) is 6.85. The molecule has 2 unspecified atom stereocenters. The van der Waals surface area contributed by atoms with Crippen LogP contribution in [0.4, 0.5) is 8.78 Å². The Morgan fingerprint density at radius 3 is 2.19 bits per heavy atom. The van der Waals surface area contributed by atoms with Crippen LogP contribution in [0.5, 0.6) is 5.75 Å². The first-order chi connectivity index (χ1) is 13.0. The van der Waals surface area contributed by atoms with Gasteiger partial charge in [0.2, 0.25) is 0 Å². The molecule has 0 aromatic heterocycles. The Kier molecular flexibility index (Phi) is 7.13. The summed E-state index contributed by atoms with van der Waals surface area (Å²) >= 11 is 0. The molecule has 2 nitrogen and oxygen atoms in total. The van der Waals surface area contributed by atoms with Crippen LogP contribution >= 0.6 is 0 Å². The molecule has 27 heavy (non-hydrogen) atoms. The van der Waals surface area contributed by atoms with Crippen molar-refractivity contribution < 1.29 is 18.3 Å². The van der Waals surface area contributed by atoms with Crippen LogP contribution in [0.1, 0.15) is 69.8 Å². The maximum atomic E-state index is 14.3. The predicted molar refractivity (Wildman–Crippen MR) is 105 cm³/mol. The van der Waals surface area contributed by atoms with Gasteiger partial charge < -0.3 is 9.47 Å². The minimum Gasteiger partial charge on any atom is -0.491 e. The summed E-state index contributed by atoms with van der Waals surface area (Å²) in [5.74, 6) is -0.703. The van der Waals surface area contributed by atoms with Crippen LogP contribution in [0.15, 0.2) is 24.3 Å². The molecule has 2 saturated carbocycles. The second kappa shape index (κ2) is 9.36. The number of benzene rings is 1. The van der Waals surface area contributed by atoms with Crippen molar-refractivity contribution >= 4 is 0 Å². The number of methoxy groups -OCH3 is 1. The largest absolute Gasteiger partial charge is 0.491 e. The normalized spacial score (nSPS) is 30.8. The molecule has 0 heterocycles. The highest BCUT2D eigenvalue weighted by Crippen LogP contribution is 2.49. The second-order valence-electron chi connectivity index (χ2n) is 8.43. The molecule has 152 valence electrons. The van der Waals surface area contributed by atoms with Gasteiger partial charge in [-0.05, 0) is 80.4 Å². The predicted octanol–water partition coefficient (Wildman–Crippen LogP) is 6.45. The summed E-state index contributed by atoms with van der Waals surface area (Å²) in [6, 6.07) is 8.38. The Labute approximate surface area is 162 Å². The van der Waals surface area contributed by atoms with Crippen LogP contribution < -0.4 is 4.74 Å². The first-order valence-electron chi connectivity index (χ1n) is 10.6. The van der Waals surface area contributed by atoms with E-state index < -0.39 is 11.8 Å². The molecule has 0 aliphatic heterocycles. The molecule has 1 aromatic rings. The maximum Gasteiger partial charge on any atom is 0.251 e. The fourth-order valence-electron chi connectivity index (χ4n) is 5.15. The first-order valence-corrected chi connectivity index (χ1v) is 10.6. The molecule has 0 saturated heterocycles. The lowest BCUT2D eigenvalue weighted by molar-refractivity contribution is -0.113. The zero-order valence-corrected chi connectivity index (χ0v) is 16.8. The Morgan fingerprint density at radius 2 is 1.59 bits per heavy atom. The fourth-order valence-corrected chi connectivity index (χ4v) is 5.15. The lowest BCUT2D eigenvalue weighted by Crippen LogP contribution is -2.38. The lowest BCUT2D eigenvalue weighted by atomic mass is 9.67. The van der Waals surface area contributed by atoms with Crippen molar-refractivity contribution in [2.45, 2.75) is 70.1 Å². The van der Waals surface area contributed by atoms with Crippen molar-refractivity contribution in [1.29, 1.82) is 0 Å². The molecule has 0 bridgehead atoms. The molecule has 1 aromatic carbocycles. The Balaban J connectivity index is 1.49. The molecule has 2 atom stereocenters. The molecular formula is C23H34F2O2. The second-order valence-corrected chi connectivity index (χ2v) is 8.43. The average Bonchev–Trinajstić information content (AvgIpc) is 2.68. The average molecular weight is 381 g/mol. The number of halogens is 2. The van der Waals surface area contributed by atoms with Crippen LogP contribution in [-0.2, 0) is 4.74 Å². The highest BCUT2D eigenvalue weighted by molar-refractivity contribution is 5.29. The van der Waals surface area contributed by atoms with Gasteiger partial charge >= 0.3 is 0 Å².